The minimum atomic E-state index is -0.310. The number of benzene rings is 2. The van der Waals surface area contributed by atoms with Crippen LogP contribution in [0.1, 0.15) is 15.9 Å². The minimum absolute atomic E-state index is 0.250. The molecule has 0 saturated heterocycles. The van der Waals surface area contributed by atoms with Gasteiger partial charge in [0.25, 0.3) is 5.91 Å². The van der Waals surface area contributed by atoms with Gasteiger partial charge in [-0.15, -0.1) is 0 Å². The predicted molar refractivity (Wildman–Crippen MR) is 73.2 cm³/mol. The number of anilines is 1. The van der Waals surface area contributed by atoms with E-state index in [1.807, 2.05) is 12.1 Å². The Morgan fingerprint density at radius 3 is 2.44 bits per heavy atom. The Bertz CT molecular complexity index is 581. The third-order valence-electron chi connectivity index (χ3n) is 2.52. The van der Waals surface area contributed by atoms with Gasteiger partial charge in [-0.1, -0.05) is 15.9 Å². The predicted octanol–water partition coefficient (Wildman–Crippen LogP) is 4.15. The minimum Gasteiger partial charge on any atom is -0.322 e. The zero-order chi connectivity index (χ0) is 13.1. The molecule has 2 aromatic carbocycles. The highest BCUT2D eigenvalue weighted by Gasteiger charge is 2.07. The molecule has 0 atom stereocenters. The highest BCUT2D eigenvalue weighted by Crippen LogP contribution is 2.16. The molecule has 2 rings (SSSR count). The average molecular weight is 308 g/mol. The summed E-state index contributed by atoms with van der Waals surface area (Å²) in [6.07, 6.45) is 0. The number of hydrogen-bond acceptors (Lipinski definition) is 1. The number of carbonyl (C=O) groups excluding carboxylic acids is 1. The molecule has 0 fully saturated rings. The highest BCUT2D eigenvalue weighted by molar-refractivity contribution is 9.10. The van der Waals surface area contributed by atoms with Crippen LogP contribution in [0, 0.1) is 12.7 Å². The third-order valence-corrected chi connectivity index (χ3v) is 3.05. The van der Waals surface area contributed by atoms with E-state index in [0.717, 1.165) is 4.47 Å². The highest BCUT2D eigenvalue weighted by atomic mass is 79.9. The summed E-state index contributed by atoms with van der Waals surface area (Å²) in [5, 5.41) is 2.75. The van der Waals surface area contributed by atoms with Crippen molar-refractivity contribution >= 4 is 27.5 Å². The smallest absolute Gasteiger partial charge is 0.255 e. The van der Waals surface area contributed by atoms with Gasteiger partial charge >= 0.3 is 0 Å². The van der Waals surface area contributed by atoms with Crippen molar-refractivity contribution in [2.24, 2.45) is 0 Å². The fourth-order valence-electron chi connectivity index (χ4n) is 1.52. The van der Waals surface area contributed by atoms with Crippen molar-refractivity contribution in [2.45, 2.75) is 6.92 Å². The summed E-state index contributed by atoms with van der Waals surface area (Å²) >= 11 is 3.32. The van der Waals surface area contributed by atoms with Crippen LogP contribution in [-0.2, 0) is 0 Å². The van der Waals surface area contributed by atoms with Crippen molar-refractivity contribution in [3.05, 3.63) is 63.9 Å². The fraction of sp³-hybridized carbons (Fsp3) is 0.0714. The molecule has 0 saturated carbocycles. The SMILES string of the molecule is Cc1cc(C(=O)Nc2ccc(Br)cc2)ccc1F. The van der Waals surface area contributed by atoms with Gasteiger partial charge in [-0.2, -0.15) is 0 Å². The van der Waals surface area contributed by atoms with Crippen molar-refractivity contribution in [1.82, 2.24) is 0 Å². The second kappa shape index (κ2) is 5.31. The van der Waals surface area contributed by atoms with Gasteiger partial charge in [0.05, 0.1) is 0 Å². The van der Waals surface area contributed by atoms with Gasteiger partial charge in [0, 0.05) is 15.7 Å². The first-order valence-corrected chi connectivity index (χ1v) is 6.18. The second-order valence-electron chi connectivity index (χ2n) is 3.92. The molecule has 2 aromatic rings. The van der Waals surface area contributed by atoms with E-state index in [2.05, 4.69) is 21.2 Å². The molecule has 2 nitrogen and oxygen atoms in total. The largest absolute Gasteiger partial charge is 0.322 e. The Morgan fingerprint density at radius 2 is 1.83 bits per heavy atom. The monoisotopic (exact) mass is 307 g/mol. The van der Waals surface area contributed by atoms with Crippen molar-refractivity contribution in [2.75, 3.05) is 5.32 Å². The van der Waals surface area contributed by atoms with Gasteiger partial charge in [0.1, 0.15) is 5.82 Å². The average Bonchev–Trinajstić information content (AvgIpc) is 2.35. The number of aryl methyl sites for hydroxylation is 1. The lowest BCUT2D eigenvalue weighted by atomic mass is 10.1. The summed E-state index contributed by atoms with van der Waals surface area (Å²) in [5.74, 6) is -0.560. The summed E-state index contributed by atoms with van der Waals surface area (Å²) in [6.45, 7) is 1.63. The fourth-order valence-corrected chi connectivity index (χ4v) is 1.79. The van der Waals surface area contributed by atoms with E-state index in [-0.39, 0.29) is 11.7 Å². The lowest BCUT2D eigenvalue weighted by molar-refractivity contribution is 0.102. The molecule has 0 spiro atoms. The molecule has 0 aliphatic carbocycles. The first kappa shape index (κ1) is 12.8. The molecule has 0 bridgehead atoms. The van der Waals surface area contributed by atoms with Crippen LogP contribution in [0.15, 0.2) is 46.9 Å². The Kier molecular flexibility index (Phi) is 3.77. The maximum Gasteiger partial charge on any atom is 0.255 e. The van der Waals surface area contributed by atoms with Crippen molar-refractivity contribution in [3.8, 4) is 0 Å². The van der Waals surface area contributed by atoms with Crippen LogP contribution >= 0.6 is 15.9 Å². The molecule has 0 radical (unpaired) electrons. The van der Waals surface area contributed by atoms with Crippen LogP contribution in [0.3, 0.4) is 0 Å². The van der Waals surface area contributed by atoms with Crippen LogP contribution in [0.5, 0.6) is 0 Å². The quantitative estimate of drug-likeness (QED) is 0.887. The summed E-state index contributed by atoms with van der Waals surface area (Å²) in [7, 11) is 0. The molecule has 0 heterocycles. The van der Waals surface area contributed by atoms with E-state index in [4.69, 9.17) is 0 Å². The van der Waals surface area contributed by atoms with Gasteiger partial charge in [0.15, 0.2) is 0 Å². The van der Waals surface area contributed by atoms with Gasteiger partial charge in [-0.05, 0) is 55.0 Å². The van der Waals surface area contributed by atoms with Crippen molar-refractivity contribution < 1.29 is 9.18 Å². The zero-order valence-electron chi connectivity index (χ0n) is 9.71. The van der Waals surface area contributed by atoms with E-state index < -0.39 is 0 Å². The first-order chi connectivity index (χ1) is 8.56. The second-order valence-corrected chi connectivity index (χ2v) is 4.84. The number of nitrogens with one attached hydrogen (secondary N) is 1. The molecule has 1 amide bonds. The van der Waals surface area contributed by atoms with Gasteiger partial charge in [-0.25, -0.2) is 4.39 Å². The van der Waals surface area contributed by atoms with Crippen LogP contribution in [-0.4, -0.2) is 5.91 Å². The van der Waals surface area contributed by atoms with E-state index in [1.165, 1.54) is 18.2 Å². The summed E-state index contributed by atoms with van der Waals surface area (Å²) in [5.41, 5.74) is 1.60. The van der Waals surface area contributed by atoms with Crippen LogP contribution in [0.2, 0.25) is 0 Å². The molecule has 92 valence electrons. The summed E-state index contributed by atoms with van der Waals surface area (Å²) in [6, 6.07) is 11.6. The lowest BCUT2D eigenvalue weighted by Crippen LogP contribution is -2.12. The maximum atomic E-state index is 13.1. The normalized spacial score (nSPS) is 10.2. The first-order valence-electron chi connectivity index (χ1n) is 5.39. The van der Waals surface area contributed by atoms with E-state index in [1.54, 1.807) is 19.1 Å². The number of carbonyl (C=O) groups is 1. The molecule has 1 N–H and O–H groups in total. The maximum absolute atomic E-state index is 13.1. The summed E-state index contributed by atoms with van der Waals surface area (Å²) < 4.78 is 14.0. The van der Waals surface area contributed by atoms with E-state index in [0.29, 0.717) is 16.8 Å². The molecule has 18 heavy (non-hydrogen) atoms. The molecular weight excluding hydrogens is 297 g/mol. The number of rotatable bonds is 2. The zero-order valence-corrected chi connectivity index (χ0v) is 11.3. The third kappa shape index (κ3) is 2.96. The Hall–Kier alpha value is -1.68. The molecule has 0 unspecified atom stereocenters. The lowest BCUT2D eigenvalue weighted by Gasteiger charge is -2.06. The van der Waals surface area contributed by atoms with Gasteiger partial charge in [0.2, 0.25) is 0 Å². The van der Waals surface area contributed by atoms with E-state index >= 15 is 0 Å². The number of amides is 1. The Morgan fingerprint density at radius 1 is 1.17 bits per heavy atom. The molecule has 0 aliphatic rings. The molecule has 0 aromatic heterocycles. The van der Waals surface area contributed by atoms with Gasteiger partial charge < -0.3 is 5.32 Å². The van der Waals surface area contributed by atoms with Gasteiger partial charge in [-0.3, -0.25) is 4.79 Å². The van der Waals surface area contributed by atoms with E-state index in [9.17, 15) is 9.18 Å². The Labute approximate surface area is 113 Å². The topological polar surface area (TPSA) is 29.1 Å². The van der Waals surface area contributed by atoms with Crippen LogP contribution in [0.4, 0.5) is 10.1 Å². The van der Waals surface area contributed by atoms with Crippen LogP contribution < -0.4 is 5.32 Å². The number of hydrogen-bond donors (Lipinski definition) is 1. The van der Waals surface area contributed by atoms with Crippen LogP contribution in [0.25, 0.3) is 0 Å². The molecule has 4 heteroatoms. The Balaban J connectivity index is 2.16. The standard InChI is InChI=1S/C14H11BrFNO/c1-9-8-10(2-7-13(9)16)14(18)17-12-5-3-11(15)4-6-12/h2-8H,1H3,(H,17,18). The molecular formula is C14H11BrFNO. The van der Waals surface area contributed by atoms with Crippen molar-refractivity contribution in [3.63, 3.8) is 0 Å². The molecule has 0 aliphatic heterocycles. The number of halogens is 2. The van der Waals surface area contributed by atoms with Crippen molar-refractivity contribution in [1.29, 1.82) is 0 Å². The summed E-state index contributed by atoms with van der Waals surface area (Å²) in [4.78, 5) is 11.9.